The molecule has 2 N–H and O–H groups in total. The SMILES string of the molecule is NC1C[C@H](I)[C@@H]1C1CC1. The summed E-state index contributed by atoms with van der Waals surface area (Å²) < 4.78 is 0.907. The Bertz CT molecular complexity index is 111. The van der Waals surface area contributed by atoms with Gasteiger partial charge in [0.25, 0.3) is 0 Å². The highest BCUT2D eigenvalue weighted by molar-refractivity contribution is 14.1. The summed E-state index contributed by atoms with van der Waals surface area (Å²) in [5, 5.41) is 0. The highest BCUT2D eigenvalue weighted by Gasteiger charge is 2.46. The van der Waals surface area contributed by atoms with Gasteiger partial charge in [-0.15, -0.1) is 0 Å². The highest BCUT2D eigenvalue weighted by Crippen LogP contribution is 2.49. The van der Waals surface area contributed by atoms with Crippen LogP contribution in [0.5, 0.6) is 0 Å². The Morgan fingerprint density at radius 2 is 2.00 bits per heavy atom. The first-order valence-electron chi connectivity index (χ1n) is 3.68. The fourth-order valence-electron chi connectivity index (χ4n) is 1.77. The van der Waals surface area contributed by atoms with Crippen molar-refractivity contribution in [3.63, 3.8) is 0 Å². The van der Waals surface area contributed by atoms with E-state index in [0.29, 0.717) is 6.04 Å². The summed E-state index contributed by atoms with van der Waals surface area (Å²) in [7, 11) is 0. The molecule has 9 heavy (non-hydrogen) atoms. The standard InChI is InChI=1S/C7H12IN/c8-5-3-6(9)7(5)4-1-2-4/h4-7H,1-3,9H2/t5-,6?,7-/m0/s1. The van der Waals surface area contributed by atoms with Crippen molar-refractivity contribution >= 4 is 22.6 Å². The maximum Gasteiger partial charge on any atom is 0.0170 e. The Labute approximate surface area is 69.5 Å². The molecule has 2 aliphatic rings. The lowest BCUT2D eigenvalue weighted by molar-refractivity contribution is 0.249. The number of halogens is 1. The number of hydrogen-bond donors (Lipinski definition) is 1. The maximum atomic E-state index is 5.85. The van der Waals surface area contributed by atoms with Crippen molar-refractivity contribution in [2.45, 2.75) is 29.2 Å². The Morgan fingerprint density at radius 3 is 2.22 bits per heavy atom. The number of hydrogen-bond acceptors (Lipinski definition) is 1. The second-order valence-corrected chi connectivity index (χ2v) is 4.93. The van der Waals surface area contributed by atoms with Gasteiger partial charge in [-0.25, -0.2) is 0 Å². The number of nitrogens with two attached hydrogens (primary N) is 1. The average Bonchev–Trinajstić information content (AvgIpc) is 2.49. The van der Waals surface area contributed by atoms with Gasteiger partial charge in [0.1, 0.15) is 0 Å². The molecular formula is C7H12IN. The molecule has 0 aromatic rings. The van der Waals surface area contributed by atoms with Crippen LogP contribution in [0.15, 0.2) is 0 Å². The highest BCUT2D eigenvalue weighted by atomic mass is 127. The maximum absolute atomic E-state index is 5.85. The minimum atomic E-state index is 0.555. The van der Waals surface area contributed by atoms with Gasteiger partial charge < -0.3 is 5.73 Å². The molecule has 0 heterocycles. The minimum Gasteiger partial charge on any atom is -0.327 e. The molecule has 2 rings (SSSR count). The average molecular weight is 237 g/mol. The van der Waals surface area contributed by atoms with E-state index in [2.05, 4.69) is 22.6 Å². The lowest BCUT2D eigenvalue weighted by Crippen LogP contribution is -2.49. The Balaban J connectivity index is 1.93. The molecule has 2 aliphatic carbocycles. The molecule has 1 nitrogen and oxygen atoms in total. The van der Waals surface area contributed by atoms with Crippen LogP contribution in [0.3, 0.4) is 0 Å². The van der Waals surface area contributed by atoms with Gasteiger partial charge in [-0.3, -0.25) is 0 Å². The van der Waals surface area contributed by atoms with Crippen LogP contribution < -0.4 is 5.73 Å². The van der Waals surface area contributed by atoms with Crippen LogP contribution in [-0.4, -0.2) is 9.97 Å². The van der Waals surface area contributed by atoms with Gasteiger partial charge in [-0.1, -0.05) is 22.6 Å². The van der Waals surface area contributed by atoms with Gasteiger partial charge >= 0.3 is 0 Å². The summed E-state index contributed by atoms with van der Waals surface area (Å²) in [5.41, 5.74) is 5.85. The van der Waals surface area contributed by atoms with Crippen LogP contribution in [0.1, 0.15) is 19.3 Å². The molecule has 3 atom stereocenters. The van der Waals surface area contributed by atoms with E-state index in [-0.39, 0.29) is 0 Å². The predicted molar refractivity (Wildman–Crippen MR) is 46.6 cm³/mol. The quantitative estimate of drug-likeness (QED) is 0.543. The molecule has 1 unspecified atom stereocenters. The molecule has 0 aromatic heterocycles. The van der Waals surface area contributed by atoms with Gasteiger partial charge in [0, 0.05) is 9.97 Å². The lowest BCUT2D eigenvalue weighted by Gasteiger charge is -2.39. The zero-order valence-electron chi connectivity index (χ0n) is 5.39. The van der Waals surface area contributed by atoms with Crippen LogP contribution in [0, 0.1) is 11.8 Å². The lowest BCUT2D eigenvalue weighted by atomic mass is 9.77. The van der Waals surface area contributed by atoms with Crippen molar-refractivity contribution in [1.82, 2.24) is 0 Å². The molecule has 0 aromatic carbocycles. The summed E-state index contributed by atoms with van der Waals surface area (Å²) in [6.07, 6.45) is 4.18. The van der Waals surface area contributed by atoms with Crippen molar-refractivity contribution in [3.05, 3.63) is 0 Å². The smallest absolute Gasteiger partial charge is 0.0170 e. The van der Waals surface area contributed by atoms with Crippen molar-refractivity contribution in [1.29, 1.82) is 0 Å². The molecule has 0 radical (unpaired) electrons. The Morgan fingerprint density at radius 1 is 1.33 bits per heavy atom. The summed E-state index contributed by atoms with van der Waals surface area (Å²) >= 11 is 2.55. The summed E-state index contributed by atoms with van der Waals surface area (Å²) in [6, 6.07) is 0.555. The van der Waals surface area contributed by atoms with Gasteiger partial charge in [0.05, 0.1) is 0 Å². The molecule has 2 saturated carbocycles. The van der Waals surface area contributed by atoms with Crippen LogP contribution in [0.2, 0.25) is 0 Å². The van der Waals surface area contributed by atoms with E-state index >= 15 is 0 Å². The van der Waals surface area contributed by atoms with Crippen molar-refractivity contribution in [2.24, 2.45) is 17.6 Å². The molecule has 0 aliphatic heterocycles. The first kappa shape index (κ1) is 6.40. The molecular weight excluding hydrogens is 225 g/mol. The Kier molecular flexibility index (Phi) is 1.49. The number of rotatable bonds is 1. The van der Waals surface area contributed by atoms with Crippen LogP contribution in [-0.2, 0) is 0 Å². The Hall–Kier alpha value is 0.690. The fourth-order valence-corrected chi connectivity index (χ4v) is 3.48. The van der Waals surface area contributed by atoms with E-state index in [1.54, 1.807) is 0 Å². The summed E-state index contributed by atoms with van der Waals surface area (Å²) in [5.74, 6) is 1.92. The predicted octanol–water partition coefficient (Wildman–Crippen LogP) is 1.55. The fraction of sp³-hybridized carbons (Fsp3) is 1.00. The van der Waals surface area contributed by atoms with Crippen molar-refractivity contribution in [2.75, 3.05) is 0 Å². The molecule has 0 amide bonds. The van der Waals surface area contributed by atoms with E-state index in [1.807, 2.05) is 0 Å². The summed E-state index contributed by atoms with van der Waals surface area (Å²) in [6.45, 7) is 0. The molecule has 52 valence electrons. The third-order valence-corrected chi connectivity index (χ3v) is 3.91. The third-order valence-electron chi connectivity index (χ3n) is 2.58. The minimum absolute atomic E-state index is 0.555. The molecule has 0 bridgehead atoms. The van der Waals surface area contributed by atoms with Crippen molar-refractivity contribution in [3.8, 4) is 0 Å². The van der Waals surface area contributed by atoms with Crippen LogP contribution >= 0.6 is 22.6 Å². The monoisotopic (exact) mass is 237 g/mol. The molecule has 2 heteroatoms. The first-order chi connectivity index (χ1) is 4.29. The zero-order chi connectivity index (χ0) is 6.43. The first-order valence-corrected chi connectivity index (χ1v) is 4.93. The normalized spacial score (nSPS) is 50.7. The van der Waals surface area contributed by atoms with Gasteiger partial charge in [-0.05, 0) is 31.1 Å². The zero-order valence-corrected chi connectivity index (χ0v) is 7.54. The molecule has 0 spiro atoms. The molecule has 0 saturated heterocycles. The second-order valence-electron chi connectivity index (χ2n) is 3.33. The molecule has 2 fully saturated rings. The number of alkyl halides is 1. The van der Waals surface area contributed by atoms with E-state index in [9.17, 15) is 0 Å². The van der Waals surface area contributed by atoms with E-state index in [0.717, 1.165) is 15.8 Å². The van der Waals surface area contributed by atoms with Gasteiger partial charge in [0.15, 0.2) is 0 Å². The summed E-state index contributed by atoms with van der Waals surface area (Å²) in [4.78, 5) is 0. The van der Waals surface area contributed by atoms with Gasteiger partial charge in [-0.2, -0.15) is 0 Å². The second kappa shape index (κ2) is 2.09. The van der Waals surface area contributed by atoms with Gasteiger partial charge in [0.2, 0.25) is 0 Å². The largest absolute Gasteiger partial charge is 0.327 e. The third kappa shape index (κ3) is 1.00. The van der Waals surface area contributed by atoms with Crippen molar-refractivity contribution < 1.29 is 0 Å². The van der Waals surface area contributed by atoms with E-state index in [4.69, 9.17) is 5.73 Å². The topological polar surface area (TPSA) is 26.0 Å². The van der Waals surface area contributed by atoms with Crippen LogP contribution in [0.4, 0.5) is 0 Å². The van der Waals surface area contributed by atoms with E-state index < -0.39 is 0 Å². The van der Waals surface area contributed by atoms with E-state index in [1.165, 1.54) is 19.3 Å². The van der Waals surface area contributed by atoms with Crippen LogP contribution in [0.25, 0.3) is 0 Å².